The van der Waals surface area contributed by atoms with E-state index < -0.39 is 0 Å². The Morgan fingerprint density at radius 1 is 1.00 bits per heavy atom. The van der Waals surface area contributed by atoms with Crippen LogP contribution in [0.2, 0.25) is 0 Å². The summed E-state index contributed by atoms with van der Waals surface area (Å²) in [5, 5.41) is 0. The normalized spacial score (nSPS) is 16.8. The van der Waals surface area contributed by atoms with E-state index in [9.17, 15) is 0 Å². The Bertz CT molecular complexity index is 45.1. The molecule has 0 aromatic carbocycles. The van der Waals surface area contributed by atoms with E-state index in [1.165, 1.54) is 25.7 Å². The van der Waals surface area contributed by atoms with Crippen LogP contribution in [0.25, 0.3) is 0 Å². The van der Waals surface area contributed by atoms with Gasteiger partial charge in [-0.15, -0.1) is 0 Å². The van der Waals surface area contributed by atoms with Crippen molar-refractivity contribution >= 4 is 0 Å². The summed E-state index contributed by atoms with van der Waals surface area (Å²) < 4.78 is 0. The lowest BCUT2D eigenvalue weighted by Crippen LogP contribution is -1.77. The highest BCUT2D eigenvalue weighted by Gasteiger charge is 1.87. The molecule has 0 unspecified atom stereocenters. The fraction of sp³-hybridized carbons (Fsp3) is 0.625. The molecule has 0 amide bonds. The van der Waals surface area contributed by atoms with Crippen molar-refractivity contribution in [3.63, 3.8) is 0 Å². The van der Waals surface area contributed by atoms with Gasteiger partial charge in [0.05, 0.1) is 0 Å². The minimum Gasteiger partial charge on any atom is -0.0885 e. The summed E-state index contributed by atoms with van der Waals surface area (Å²) in [4.78, 5) is 0. The summed E-state index contributed by atoms with van der Waals surface area (Å²) in [7, 11) is 0. The highest BCUT2D eigenvalue weighted by Crippen LogP contribution is 2.07. The van der Waals surface area contributed by atoms with Crippen molar-refractivity contribution in [1.29, 1.82) is 0 Å². The lowest BCUT2D eigenvalue weighted by molar-refractivity contribution is 0.730. The molecule has 0 bridgehead atoms. The van der Waals surface area contributed by atoms with Crippen LogP contribution in [0.1, 0.15) is 32.6 Å². The van der Waals surface area contributed by atoms with Gasteiger partial charge in [0.25, 0.3) is 0 Å². The SMILES string of the molecule is C1=CCCCC1.[CH2]C. The highest BCUT2D eigenvalue weighted by molar-refractivity contribution is 4.85. The monoisotopic (exact) mass is 111 g/mol. The molecule has 0 heteroatoms. The summed E-state index contributed by atoms with van der Waals surface area (Å²) in [5.41, 5.74) is 0. The molecule has 0 heterocycles. The second kappa shape index (κ2) is 6.74. The van der Waals surface area contributed by atoms with Gasteiger partial charge in [-0.05, 0) is 25.7 Å². The van der Waals surface area contributed by atoms with Gasteiger partial charge in [-0.25, -0.2) is 0 Å². The largest absolute Gasteiger partial charge is 0.0885 e. The number of hydrogen-bond acceptors (Lipinski definition) is 0. The third-order valence-corrected chi connectivity index (χ3v) is 1.16. The van der Waals surface area contributed by atoms with Gasteiger partial charge in [-0.3, -0.25) is 0 Å². The zero-order valence-corrected chi connectivity index (χ0v) is 5.69. The number of hydrogen-bond donors (Lipinski definition) is 0. The maximum absolute atomic E-state index is 3.25. The molecular weight excluding hydrogens is 96.1 g/mol. The first-order valence-corrected chi connectivity index (χ1v) is 3.36. The van der Waals surface area contributed by atoms with Crippen molar-refractivity contribution in [2.45, 2.75) is 32.6 Å². The van der Waals surface area contributed by atoms with Crippen molar-refractivity contribution in [2.75, 3.05) is 0 Å². The molecule has 0 atom stereocenters. The van der Waals surface area contributed by atoms with Crippen LogP contribution in [-0.4, -0.2) is 0 Å². The van der Waals surface area contributed by atoms with Gasteiger partial charge >= 0.3 is 0 Å². The van der Waals surface area contributed by atoms with Gasteiger partial charge < -0.3 is 0 Å². The fourth-order valence-corrected chi connectivity index (χ4v) is 0.760. The molecule has 0 saturated heterocycles. The minimum atomic E-state index is 1.32. The Hall–Kier alpha value is -0.260. The van der Waals surface area contributed by atoms with Crippen LogP contribution in [0, 0.1) is 6.92 Å². The summed E-state index contributed by atoms with van der Waals surface area (Å²) in [5.74, 6) is 0. The number of rotatable bonds is 0. The molecule has 0 saturated carbocycles. The molecule has 8 heavy (non-hydrogen) atoms. The second-order valence-electron chi connectivity index (χ2n) is 1.76. The van der Waals surface area contributed by atoms with Crippen molar-refractivity contribution in [3.8, 4) is 0 Å². The van der Waals surface area contributed by atoms with E-state index in [1.807, 2.05) is 0 Å². The Kier molecular flexibility index (Phi) is 6.52. The van der Waals surface area contributed by atoms with E-state index in [0.29, 0.717) is 0 Å². The minimum absolute atomic E-state index is 1.32. The Labute approximate surface area is 52.6 Å². The zero-order valence-electron chi connectivity index (χ0n) is 5.69. The first-order valence-electron chi connectivity index (χ1n) is 3.36. The van der Waals surface area contributed by atoms with Crippen molar-refractivity contribution in [2.24, 2.45) is 0 Å². The molecule has 1 aliphatic carbocycles. The van der Waals surface area contributed by atoms with Gasteiger partial charge in [0.1, 0.15) is 0 Å². The smallest absolute Gasteiger partial charge is 0.0351 e. The van der Waals surface area contributed by atoms with E-state index in [1.54, 1.807) is 6.92 Å². The molecule has 0 spiro atoms. The van der Waals surface area contributed by atoms with Crippen LogP contribution in [0.5, 0.6) is 0 Å². The second-order valence-corrected chi connectivity index (χ2v) is 1.76. The van der Waals surface area contributed by atoms with Crippen LogP contribution in [-0.2, 0) is 0 Å². The molecule has 0 N–H and O–H groups in total. The Balaban J connectivity index is 0.000000222. The van der Waals surface area contributed by atoms with Crippen molar-refractivity contribution < 1.29 is 0 Å². The molecule has 0 aromatic heterocycles. The quantitative estimate of drug-likeness (QED) is 0.421. The van der Waals surface area contributed by atoms with Crippen molar-refractivity contribution in [3.05, 3.63) is 19.1 Å². The van der Waals surface area contributed by atoms with E-state index >= 15 is 0 Å². The summed E-state index contributed by atoms with van der Waals surface area (Å²) in [6, 6.07) is 0. The molecule has 0 fully saturated rings. The van der Waals surface area contributed by atoms with Crippen LogP contribution in [0.15, 0.2) is 12.2 Å². The standard InChI is InChI=1S/C6H10.C2H5/c1-2-4-6-5-3-1;1-2/h1-2H,3-6H2;1H2,2H3. The van der Waals surface area contributed by atoms with Gasteiger partial charge in [-0.2, -0.15) is 0 Å². The first-order chi connectivity index (χ1) is 4.00. The van der Waals surface area contributed by atoms with E-state index in [0.717, 1.165) is 0 Å². The highest BCUT2D eigenvalue weighted by atomic mass is 13.9. The van der Waals surface area contributed by atoms with E-state index in [2.05, 4.69) is 19.1 Å². The van der Waals surface area contributed by atoms with Crippen molar-refractivity contribution in [1.82, 2.24) is 0 Å². The van der Waals surface area contributed by atoms with Gasteiger partial charge in [0, 0.05) is 0 Å². The molecular formula is C8H15. The lowest BCUT2D eigenvalue weighted by Gasteiger charge is -1.97. The van der Waals surface area contributed by atoms with E-state index in [4.69, 9.17) is 0 Å². The third kappa shape index (κ3) is 3.91. The Morgan fingerprint density at radius 2 is 1.38 bits per heavy atom. The van der Waals surface area contributed by atoms with Gasteiger partial charge in [0.15, 0.2) is 0 Å². The maximum atomic E-state index is 3.25. The predicted molar refractivity (Wildman–Crippen MR) is 38.6 cm³/mol. The number of allylic oxidation sites excluding steroid dienone is 2. The summed E-state index contributed by atoms with van der Waals surface area (Å²) >= 11 is 0. The average Bonchev–Trinajstić information content (AvgIpc) is 1.96. The molecule has 0 nitrogen and oxygen atoms in total. The van der Waals surface area contributed by atoms with Gasteiger partial charge in [-0.1, -0.05) is 26.0 Å². The third-order valence-electron chi connectivity index (χ3n) is 1.16. The zero-order chi connectivity index (χ0) is 6.24. The van der Waals surface area contributed by atoms with Crippen LogP contribution >= 0.6 is 0 Å². The molecule has 0 aromatic rings. The molecule has 1 radical (unpaired) electrons. The average molecular weight is 111 g/mol. The fourth-order valence-electron chi connectivity index (χ4n) is 0.760. The molecule has 47 valence electrons. The predicted octanol–water partition coefficient (Wildman–Crippen LogP) is 2.96. The van der Waals surface area contributed by atoms with E-state index in [-0.39, 0.29) is 0 Å². The lowest BCUT2D eigenvalue weighted by atomic mass is 10.1. The Morgan fingerprint density at radius 3 is 1.50 bits per heavy atom. The molecule has 1 aliphatic rings. The molecule has 0 aliphatic heterocycles. The first kappa shape index (κ1) is 7.74. The molecule has 1 rings (SSSR count). The summed E-state index contributed by atoms with van der Waals surface area (Å²) in [6.45, 7) is 5.00. The topological polar surface area (TPSA) is 0 Å². The van der Waals surface area contributed by atoms with Crippen LogP contribution in [0.3, 0.4) is 0 Å². The maximum Gasteiger partial charge on any atom is -0.0351 e. The van der Waals surface area contributed by atoms with Crippen LogP contribution in [0.4, 0.5) is 0 Å². The van der Waals surface area contributed by atoms with Gasteiger partial charge in [0.2, 0.25) is 0 Å². The summed E-state index contributed by atoms with van der Waals surface area (Å²) in [6.07, 6.45) is 10.0. The van der Waals surface area contributed by atoms with Crippen LogP contribution < -0.4 is 0 Å².